The van der Waals surface area contributed by atoms with E-state index in [1.54, 1.807) is 0 Å². The fourth-order valence-corrected chi connectivity index (χ4v) is 1.61. The van der Waals surface area contributed by atoms with Crippen LogP contribution in [0.4, 0.5) is 0 Å². The summed E-state index contributed by atoms with van der Waals surface area (Å²) >= 11 is 0. The van der Waals surface area contributed by atoms with Gasteiger partial charge in [0.1, 0.15) is 5.60 Å². The highest BCUT2D eigenvalue weighted by atomic mass is 16.5. The zero-order chi connectivity index (χ0) is 8.54. The predicted octanol–water partition coefficient (Wildman–Crippen LogP) is 1.78. The monoisotopic (exact) mass is 156 g/mol. The van der Waals surface area contributed by atoms with E-state index in [0.717, 1.165) is 25.7 Å². The van der Waals surface area contributed by atoms with Crippen molar-refractivity contribution >= 4 is 6.29 Å². The van der Waals surface area contributed by atoms with E-state index in [2.05, 4.69) is 13.8 Å². The molecule has 0 aromatic heterocycles. The summed E-state index contributed by atoms with van der Waals surface area (Å²) < 4.78 is 5.43. The molecule has 0 N–H and O–H groups in total. The van der Waals surface area contributed by atoms with Crippen LogP contribution in [0.2, 0.25) is 0 Å². The van der Waals surface area contributed by atoms with E-state index in [0.29, 0.717) is 0 Å². The van der Waals surface area contributed by atoms with Crippen LogP contribution in [0.1, 0.15) is 33.6 Å². The number of hydrogen-bond acceptors (Lipinski definition) is 2. The standard InChI is InChI=1S/C9H16O2/c1-4-8(2)5-6-11-9(8,3)7-10/h7H,4-6H2,1-3H3. The Hall–Kier alpha value is -0.370. The summed E-state index contributed by atoms with van der Waals surface area (Å²) in [6.45, 7) is 6.83. The van der Waals surface area contributed by atoms with Crippen molar-refractivity contribution in [2.45, 2.75) is 39.2 Å². The van der Waals surface area contributed by atoms with E-state index in [1.807, 2.05) is 6.92 Å². The number of aldehydes is 1. The van der Waals surface area contributed by atoms with Crippen molar-refractivity contribution in [1.29, 1.82) is 0 Å². The first-order valence-electron chi connectivity index (χ1n) is 4.18. The molecule has 2 unspecified atom stereocenters. The number of carbonyl (C=O) groups excluding carboxylic acids is 1. The van der Waals surface area contributed by atoms with Gasteiger partial charge in [-0.2, -0.15) is 0 Å². The minimum Gasteiger partial charge on any atom is -0.367 e. The molecule has 0 spiro atoms. The second-order valence-corrected chi connectivity index (χ2v) is 3.74. The molecule has 1 aliphatic heterocycles. The Balaban J connectivity index is 2.87. The molecular weight excluding hydrogens is 140 g/mol. The minimum atomic E-state index is -0.540. The van der Waals surface area contributed by atoms with Crippen LogP contribution in [0.5, 0.6) is 0 Å². The molecule has 0 aromatic rings. The number of ether oxygens (including phenoxy) is 1. The Morgan fingerprint density at radius 3 is 2.55 bits per heavy atom. The first-order chi connectivity index (χ1) is 5.08. The number of hydrogen-bond donors (Lipinski definition) is 0. The van der Waals surface area contributed by atoms with Crippen LogP contribution in [-0.2, 0) is 9.53 Å². The maximum Gasteiger partial charge on any atom is 0.152 e. The average molecular weight is 156 g/mol. The quantitative estimate of drug-likeness (QED) is 0.570. The van der Waals surface area contributed by atoms with Gasteiger partial charge in [-0.05, 0) is 19.8 Å². The van der Waals surface area contributed by atoms with E-state index >= 15 is 0 Å². The molecule has 1 rings (SSSR count). The summed E-state index contributed by atoms with van der Waals surface area (Å²) in [5, 5.41) is 0. The molecule has 0 aromatic carbocycles. The zero-order valence-corrected chi connectivity index (χ0v) is 7.52. The van der Waals surface area contributed by atoms with Gasteiger partial charge in [0, 0.05) is 12.0 Å². The Morgan fingerprint density at radius 1 is 1.55 bits per heavy atom. The van der Waals surface area contributed by atoms with Crippen molar-refractivity contribution in [2.24, 2.45) is 5.41 Å². The topological polar surface area (TPSA) is 26.3 Å². The molecule has 64 valence electrons. The van der Waals surface area contributed by atoms with Gasteiger partial charge >= 0.3 is 0 Å². The molecule has 0 aliphatic carbocycles. The summed E-state index contributed by atoms with van der Waals surface area (Å²) in [6, 6.07) is 0. The van der Waals surface area contributed by atoms with Crippen LogP contribution >= 0.6 is 0 Å². The summed E-state index contributed by atoms with van der Waals surface area (Å²) in [6.07, 6.45) is 2.95. The van der Waals surface area contributed by atoms with Crippen molar-refractivity contribution < 1.29 is 9.53 Å². The van der Waals surface area contributed by atoms with Gasteiger partial charge in [0.2, 0.25) is 0 Å². The van der Waals surface area contributed by atoms with E-state index in [-0.39, 0.29) is 5.41 Å². The summed E-state index contributed by atoms with van der Waals surface area (Å²) in [7, 11) is 0. The fraction of sp³-hybridized carbons (Fsp3) is 0.889. The van der Waals surface area contributed by atoms with E-state index in [1.165, 1.54) is 0 Å². The first kappa shape index (κ1) is 8.72. The lowest BCUT2D eigenvalue weighted by Gasteiger charge is -2.34. The van der Waals surface area contributed by atoms with E-state index < -0.39 is 5.60 Å². The predicted molar refractivity (Wildman–Crippen MR) is 43.4 cm³/mol. The van der Waals surface area contributed by atoms with Gasteiger partial charge in [-0.3, -0.25) is 0 Å². The van der Waals surface area contributed by atoms with Gasteiger partial charge in [0.05, 0.1) is 0 Å². The van der Waals surface area contributed by atoms with Crippen LogP contribution in [0, 0.1) is 5.41 Å². The first-order valence-corrected chi connectivity index (χ1v) is 4.18. The highest BCUT2D eigenvalue weighted by molar-refractivity contribution is 5.64. The molecule has 0 amide bonds. The van der Waals surface area contributed by atoms with Gasteiger partial charge in [0.25, 0.3) is 0 Å². The molecule has 11 heavy (non-hydrogen) atoms. The molecule has 1 fully saturated rings. The van der Waals surface area contributed by atoms with Crippen molar-refractivity contribution in [3.05, 3.63) is 0 Å². The second kappa shape index (κ2) is 2.59. The van der Waals surface area contributed by atoms with Gasteiger partial charge in [0.15, 0.2) is 6.29 Å². The van der Waals surface area contributed by atoms with Gasteiger partial charge in [-0.25, -0.2) is 0 Å². The Kier molecular flexibility index (Phi) is 2.06. The normalized spacial score (nSPS) is 44.3. The average Bonchev–Trinajstić information content (AvgIpc) is 2.31. The Labute approximate surface area is 67.9 Å². The Morgan fingerprint density at radius 2 is 2.18 bits per heavy atom. The molecule has 1 aliphatic rings. The highest BCUT2D eigenvalue weighted by Crippen LogP contribution is 2.44. The van der Waals surface area contributed by atoms with Crippen molar-refractivity contribution in [2.75, 3.05) is 6.61 Å². The van der Waals surface area contributed by atoms with Gasteiger partial charge in [-0.15, -0.1) is 0 Å². The van der Waals surface area contributed by atoms with E-state index in [9.17, 15) is 4.79 Å². The molecule has 2 heteroatoms. The summed E-state index contributed by atoms with van der Waals surface area (Å²) in [5.41, 5.74) is -0.490. The lowest BCUT2D eigenvalue weighted by molar-refractivity contribution is -0.132. The number of carbonyl (C=O) groups is 1. The maximum absolute atomic E-state index is 10.8. The molecule has 0 saturated carbocycles. The van der Waals surface area contributed by atoms with Gasteiger partial charge in [-0.1, -0.05) is 13.8 Å². The van der Waals surface area contributed by atoms with Crippen molar-refractivity contribution in [3.63, 3.8) is 0 Å². The zero-order valence-electron chi connectivity index (χ0n) is 7.52. The number of rotatable bonds is 2. The molecule has 1 heterocycles. The van der Waals surface area contributed by atoms with Crippen molar-refractivity contribution in [1.82, 2.24) is 0 Å². The van der Waals surface area contributed by atoms with E-state index in [4.69, 9.17) is 4.74 Å². The highest BCUT2D eigenvalue weighted by Gasteiger charge is 2.48. The third-order valence-electron chi connectivity index (χ3n) is 3.26. The van der Waals surface area contributed by atoms with Crippen LogP contribution in [0.25, 0.3) is 0 Å². The largest absolute Gasteiger partial charge is 0.367 e. The smallest absolute Gasteiger partial charge is 0.152 e. The van der Waals surface area contributed by atoms with Crippen LogP contribution in [0.15, 0.2) is 0 Å². The van der Waals surface area contributed by atoms with Crippen LogP contribution in [0.3, 0.4) is 0 Å². The van der Waals surface area contributed by atoms with Crippen LogP contribution < -0.4 is 0 Å². The molecule has 0 bridgehead atoms. The second-order valence-electron chi connectivity index (χ2n) is 3.74. The molecule has 2 nitrogen and oxygen atoms in total. The lowest BCUT2D eigenvalue weighted by atomic mass is 9.73. The lowest BCUT2D eigenvalue weighted by Crippen LogP contribution is -2.41. The molecule has 1 saturated heterocycles. The molecule has 2 atom stereocenters. The van der Waals surface area contributed by atoms with Crippen molar-refractivity contribution in [3.8, 4) is 0 Å². The SMILES string of the molecule is CCC1(C)CCOC1(C)C=O. The third-order valence-corrected chi connectivity index (χ3v) is 3.26. The molecular formula is C9H16O2. The molecule has 0 radical (unpaired) electrons. The van der Waals surface area contributed by atoms with Crippen LogP contribution in [-0.4, -0.2) is 18.5 Å². The Bertz CT molecular complexity index is 167. The summed E-state index contributed by atoms with van der Waals surface area (Å²) in [4.78, 5) is 10.8. The summed E-state index contributed by atoms with van der Waals surface area (Å²) in [5.74, 6) is 0. The fourth-order valence-electron chi connectivity index (χ4n) is 1.61. The minimum absolute atomic E-state index is 0.0503. The third kappa shape index (κ3) is 1.09. The maximum atomic E-state index is 10.8. The van der Waals surface area contributed by atoms with Gasteiger partial charge < -0.3 is 9.53 Å².